The van der Waals surface area contributed by atoms with Gasteiger partial charge in [-0.1, -0.05) is 12.1 Å². The minimum atomic E-state index is -1.13. The van der Waals surface area contributed by atoms with E-state index in [4.69, 9.17) is 5.73 Å². The zero-order valence-electron chi connectivity index (χ0n) is 11.6. The Balaban J connectivity index is 2.36. The lowest BCUT2D eigenvalue weighted by Crippen LogP contribution is -2.24. The third-order valence-electron chi connectivity index (χ3n) is 3.02. The number of nitrogen functional groups attached to an aromatic ring is 1. The molecule has 0 saturated carbocycles. The second-order valence-electron chi connectivity index (χ2n) is 4.51. The number of ketones is 1. The van der Waals surface area contributed by atoms with Crippen molar-refractivity contribution in [1.29, 1.82) is 0 Å². The van der Waals surface area contributed by atoms with Crippen LogP contribution in [-0.4, -0.2) is 24.1 Å². The molecule has 0 aliphatic rings. The Bertz CT molecular complexity index is 639. The lowest BCUT2D eigenvalue weighted by molar-refractivity contribution is 0.104. The highest BCUT2D eigenvalue weighted by molar-refractivity contribution is 7.14. The summed E-state index contributed by atoms with van der Waals surface area (Å²) in [5.74, 6) is 0.0602. The fourth-order valence-electron chi connectivity index (χ4n) is 1.81. The third-order valence-corrected chi connectivity index (χ3v) is 4.00. The summed E-state index contributed by atoms with van der Waals surface area (Å²) in [6, 6.07) is 6.84. The summed E-state index contributed by atoms with van der Waals surface area (Å²) < 4.78 is 13.3. The van der Waals surface area contributed by atoms with Crippen LogP contribution in [0.25, 0.3) is 0 Å². The lowest BCUT2D eigenvalue weighted by Gasteiger charge is -2.21. The topological polar surface area (TPSA) is 59.2 Å². The molecule has 2 N–H and O–H groups in total. The normalized spacial score (nSPS) is 12.2. The van der Waals surface area contributed by atoms with E-state index in [0.29, 0.717) is 16.1 Å². The summed E-state index contributed by atoms with van der Waals surface area (Å²) in [7, 11) is 1.64. The van der Waals surface area contributed by atoms with E-state index in [-0.39, 0.29) is 11.6 Å². The van der Waals surface area contributed by atoms with Crippen LogP contribution in [-0.2, 0) is 0 Å². The van der Waals surface area contributed by atoms with Crippen LogP contribution in [0.4, 0.5) is 15.9 Å². The number of aromatic nitrogens is 1. The van der Waals surface area contributed by atoms with Crippen molar-refractivity contribution in [2.45, 2.75) is 20.1 Å². The van der Waals surface area contributed by atoms with Gasteiger partial charge in [0.05, 0.1) is 5.01 Å². The Morgan fingerprint density at radius 3 is 2.75 bits per heavy atom. The summed E-state index contributed by atoms with van der Waals surface area (Å²) in [5.41, 5.74) is 6.86. The predicted molar refractivity (Wildman–Crippen MR) is 80.1 cm³/mol. The average molecular weight is 293 g/mol. The minimum Gasteiger partial charge on any atom is -0.382 e. The van der Waals surface area contributed by atoms with Gasteiger partial charge in [-0.15, -0.1) is 11.3 Å². The largest absolute Gasteiger partial charge is 0.382 e. The highest BCUT2D eigenvalue weighted by Crippen LogP contribution is 2.25. The van der Waals surface area contributed by atoms with Crippen molar-refractivity contribution in [3.63, 3.8) is 0 Å². The fraction of sp³-hybridized carbons (Fsp3) is 0.286. The molecule has 1 atom stereocenters. The number of hydrogen-bond acceptors (Lipinski definition) is 5. The van der Waals surface area contributed by atoms with Crippen molar-refractivity contribution in [1.82, 2.24) is 4.98 Å². The van der Waals surface area contributed by atoms with Crippen LogP contribution in [0, 0.1) is 6.92 Å². The molecule has 2 aromatic rings. The van der Waals surface area contributed by atoms with Crippen molar-refractivity contribution in [3.8, 4) is 0 Å². The first-order valence-corrected chi connectivity index (χ1v) is 6.96. The van der Waals surface area contributed by atoms with Crippen LogP contribution < -0.4 is 10.6 Å². The Morgan fingerprint density at radius 1 is 1.50 bits per heavy atom. The number of carbonyl (C=O) groups is 1. The molecule has 0 saturated heterocycles. The van der Waals surface area contributed by atoms with Crippen LogP contribution >= 0.6 is 11.3 Å². The van der Waals surface area contributed by atoms with E-state index in [1.807, 2.05) is 0 Å². The van der Waals surface area contributed by atoms with Gasteiger partial charge in [0.1, 0.15) is 10.7 Å². The number of halogens is 1. The van der Waals surface area contributed by atoms with Crippen molar-refractivity contribution in [2.24, 2.45) is 0 Å². The summed E-state index contributed by atoms with van der Waals surface area (Å²) in [6.07, 6.45) is -1.13. The number of hydrogen-bond donors (Lipinski definition) is 1. The number of nitrogens with two attached hydrogens (primary N) is 1. The first-order chi connectivity index (χ1) is 9.40. The molecule has 0 spiro atoms. The van der Waals surface area contributed by atoms with Gasteiger partial charge in [0.25, 0.3) is 0 Å². The van der Waals surface area contributed by atoms with Gasteiger partial charge >= 0.3 is 0 Å². The van der Waals surface area contributed by atoms with Crippen LogP contribution in [0.5, 0.6) is 0 Å². The van der Waals surface area contributed by atoms with E-state index < -0.39 is 6.30 Å². The number of nitrogens with zero attached hydrogens (tertiary/aromatic N) is 2. The van der Waals surface area contributed by atoms with Gasteiger partial charge in [0, 0.05) is 18.3 Å². The quantitative estimate of drug-likeness (QED) is 0.695. The summed E-state index contributed by atoms with van der Waals surface area (Å²) >= 11 is 1.26. The van der Waals surface area contributed by atoms with Gasteiger partial charge in [0.2, 0.25) is 5.78 Å². The number of benzene rings is 1. The molecule has 1 unspecified atom stereocenters. The van der Waals surface area contributed by atoms with E-state index in [1.54, 1.807) is 38.2 Å². The molecule has 1 aromatic carbocycles. The number of alkyl halides is 1. The maximum atomic E-state index is 13.3. The van der Waals surface area contributed by atoms with Crippen molar-refractivity contribution in [2.75, 3.05) is 17.7 Å². The Kier molecular flexibility index (Phi) is 4.04. The smallest absolute Gasteiger partial charge is 0.206 e. The van der Waals surface area contributed by atoms with E-state index in [2.05, 4.69) is 4.98 Å². The number of rotatable bonds is 4. The average Bonchev–Trinajstić information content (AvgIpc) is 2.76. The van der Waals surface area contributed by atoms with E-state index >= 15 is 0 Å². The number of carbonyl (C=O) groups excluding carboxylic acids is 1. The van der Waals surface area contributed by atoms with Crippen LogP contribution in [0.1, 0.15) is 27.2 Å². The number of thiazole rings is 1. The Morgan fingerprint density at radius 2 is 2.20 bits per heavy atom. The van der Waals surface area contributed by atoms with Gasteiger partial charge in [0.15, 0.2) is 6.30 Å². The molecular formula is C14H16FN3OS. The molecule has 1 aromatic heterocycles. The van der Waals surface area contributed by atoms with Crippen LogP contribution in [0.2, 0.25) is 0 Å². The minimum absolute atomic E-state index is 0.185. The van der Waals surface area contributed by atoms with Crippen molar-refractivity contribution >= 4 is 28.6 Å². The molecular weight excluding hydrogens is 277 g/mol. The van der Waals surface area contributed by atoms with Gasteiger partial charge in [-0.3, -0.25) is 4.79 Å². The van der Waals surface area contributed by atoms with Crippen molar-refractivity contribution in [3.05, 3.63) is 39.7 Å². The molecule has 2 rings (SSSR count). The third kappa shape index (κ3) is 2.80. The van der Waals surface area contributed by atoms with Crippen LogP contribution in [0.15, 0.2) is 24.3 Å². The molecule has 6 heteroatoms. The summed E-state index contributed by atoms with van der Waals surface area (Å²) in [4.78, 5) is 18.3. The molecule has 0 aliphatic carbocycles. The summed E-state index contributed by atoms with van der Waals surface area (Å²) in [6.45, 7) is 3.24. The second kappa shape index (κ2) is 5.58. The highest BCUT2D eigenvalue weighted by atomic mass is 32.1. The molecule has 4 nitrogen and oxygen atoms in total. The first kappa shape index (κ1) is 14.5. The van der Waals surface area contributed by atoms with E-state index in [1.165, 1.54) is 23.2 Å². The molecule has 20 heavy (non-hydrogen) atoms. The monoisotopic (exact) mass is 293 g/mol. The zero-order valence-corrected chi connectivity index (χ0v) is 12.4. The summed E-state index contributed by atoms with van der Waals surface area (Å²) in [5, 5.41) is 0.747. The number of anilines is 2. The predicted octanol–water partition coefficient (Wildman–Crippen LogP) is 3.02. The maximum Gasteiger partial charge on any atom is 0.206 e. The van der Waals surface area contributed by atoms with Crippen LogP contribution in [0.3, 0.4) is 0 Å². The maximum absolute atomic E-state index is 13.3. The molecule has 0 aliphatic heterocycles. The molecule has 0 radical (unpaired) electrons. The Labute approximate surface area is 121 Å². The van der Waals surface area contributed by atoms with Gasteiger partial charge in [-0.05, 0) is 26.0 Å². The van der Waals surface area contributed by atoms with Gasteiger partial charge < -0.3 is 10.6 Å². The van der Waals surface area contributed by atoms with E-state index in [9.17, 15) is 9.18 Å². The fourth-order valence-corrected chi connectivity index (χ4v) is 2.61. The van der Waals surface area contributed by atoms with E-state index in [0.717, 1.165) is 5.01 Å². The second-order valence-corrected chi connectivity index (χ2v) is 5.71. The van der Waals surface area contributed by atoms with Gasteiger partial charge in [-0.2, -0.15) is 0 Å². The molecule has 106 valence electrons. The molecule has 0 fully saturated rings. The lowest BCUT2D eigenvalue weighted by atomic mass is 10.1. The van der Waals surface area contributed by atoms with Gasteiger partial charge in [-0.25, -0.2) is 9.37 Å². The SMILES string of the molecule is Cc1nc(N)c(C(=O)c2cccc(N(C)C(C)F)c2)s1. The standard InChI is InChI=1S/C14H16FN3OS/c1-8(15)18(3)11-6-4-5-10(7-11)12(19)13-14(16)17-9(2)20-13/h4-8H,16H2,1-3H3. The zero-order chi connectivity index (χ0) is 14.9. The van der Waals surface area contributed by atoms with Crippen molar-refractivity contribution < 1.29 is 9.18 Å². The first-order valence-electron chi connectivity index (χ1n) is 6.14. The molecule has 0 bridgehead atoms. The number of aryl methyl sites for hydroxylation is 1. The Hall–Kier alpha value is -1.95. The highest BCUT2D eigenvalue weighted by Gasteiger charge is 2.18. The molecule has 0 amide bonds. The molecule has 1 heterocycles.